The molecule has 1 saturated carbocycles. The van der Waals surface area contributed by atoms with E-state index >= 15 is 0 Å². The van der Waals surface area contributed by atoms with Crippen LogP contribution in [0.3, 0.4) is 0 Å². The fourth-order valence-corrected chi connectivity index (χ4v) is 3.67. The Balaban J connectivity index is 1.94. The molecule has 1 aromatic rings. The lowest BCUT2D eigenvalue weighted by molar-refractivity contribution is 0.132. The number of halogens is 1. The Morgan fingerprint density at radius 3 is 2.43 bits per heavy atom. The first-order valence-electron chi connectivity index (χ1n) is 8.10. The molecule has 0 radical (unpaired) electrons. The van der Waals surface area contributed by atoms with Crippen LogP contribution in [0.2, 0.25) is 0 Å². The summed E-state index contributed by atoms with van der Waals surface area (Å²) in [6.07, 6.45) is 5.78. The molecule has 2 rings (SSSR count). The molecule has 0 bridgehead atoms. The Hall–Kier alpha value is -0.930. The Labute approximate surface area is 128 Å². The van der Waals surface area contributed by atoms with E-state index in [0.29, 0.717) is 11.3 Å². The van der Waals surface area contributed by atoms with Gasteiger partial charge >= 0.3 is 0 Å². The van der Waals surface area contributed by atoms with Gasteiger partial charge in [0.2, 0.25) is 0 Å². The number of hydrazine groups is 1. The Bertz CT molecular complexity index is 445. The van der Waals surface area contributed by atoms with Gasteiger partial charge in [-0.05, 0) is 67.1 Å². The van der Waals surface area contributed by atoms with Crippen LogP contribution >= 0.6 is 0 Å². The first-order chi connectivity index (χ1) is 9.90. The molecular weight excluding hydrogens is 263 g/mol. The van der Waals surface area contributed by atoms with Crippen LogP contribution in [0.1, 0.15) is 52.0 Å². The molecule has 1 unspecified atom stereocenters. The van der Waals surface area contributed by atoms with Crippen LogP contribution in [-0.2, 0) is 6.42 Å². The van der Waals surface area contributed by atoms with E-state index in [4.69, 9.17) is 5.84 Å². The van der Waals surface area contributed by atoms with E-state index in [1.165, 1.54) is 31.7 Å². The highest BCUT2D eigenvalue weighted by molar-refractivity contribution is 5.17. The van der Waals surface area contributed by atoms with E-state index in [0.717, 1.165) is 17.9 Å². The molecule has 3 heteroatoms. The van der Waals surface area contributed by atoms with Crippen LogP contribution in [0, 0.1) is 23.1 Å². The van der Waals surface area contributed by atoms with Gasteiger partial charge in [0.1, 0.15) is 5.82 Å². The van der Waals surface area contributed by atoms with Crippen molar-refractivity contribution in [1.29, 1.82) is 0 Å². The molecule has 0 amide bonds. The van der Waals surface area contributed by atoms with Crippen molar-refractivity contribution in [2.24, 2.45) is 23.1 Å². The quantitative estimate of drug-likeness (QED) is 0.649. The van der Waals surface area contributed by atoms with Gasteiger partial charge in [-0.1, -0.05) is 32.9 Å². The van der Waals surface area contributed by atoms with Gasteiger partial charge in [-0.3, -0.25) is 11.3 Å². The summed E-state index contributed by atoms with van der Waals surface area (Å²) < 4.78 is 13.3. The van der Waals surface area contributed by atoms with E-state index in [1.807, 2.05) is 6.07 Å². The van der Waals surface area contributed by atoms with E-state index in [-0.39, 0.29) is 11.9 Å². The maximum atomic E-state index is 13.3. The fraction of sp³-hybridized carbons (Fsp3) is 0.667. The van der Waals surface area contributed by atoms with Crippen molar-refractivity contribution in [2.75, 3.05) is 0 Å². The summed E-state index contributed by atoms with van der Waals surface area (Å²) in [7, 11) is 0. The van der Waals surface area contributed by atoms with Crippen molar-refractivity contribution in [3.63, 3.8) is 0 Å². The third-order valence-electron chi connectivity index (χ3n) is 5.12. The number of nitrogens with two attached hydrogens (primary N) is 1. The normalized spacial score (nSPS) is 24.8. The molecule has 0 aliphatic heterocycles. The van der Waals surface area contributed by atoms with Gasteiger partial charge in [-0.25, -0.2) is 4.39 Å². The second-order valence-corrected chi connectivity index (χ2v) is 7.58. The average molecular weight is 292 g/mol. The molecule has 3 N–H and O–H groups in total. The third kappa shape index (κ3) is 4.52. The Morgan fingerprint density at radius 2 is 1.90 bits per heavy atom. The minimum Gasteiger partial charge on any atom is -0.271 e. The molecule has 0 spiro atoms. The summed E-state index contributed by atoms with van der Waals surface area (Å²) in [6, 6.07) is 7.10. The van der Waals surface area contributed by atoms with Gasteiger partial charge in [-0.15, -0.1) is 0 Å². The van der Waals surface area contributed by atoms with Crippen LogP contribution in [0.15, 0.2) is 24.3 Å². The average Bonchev–Trinajstić information content (AvgIpc) is 2.44. The predicted octanol–water partition coefficient (Wildman–Crippen LogP) is 4.05. The molecular formula is C18H29FN2. The highest BCUT2D eigenvalue weighted by Gasteiger charge is 2.32. The highest BCUT2D eigenvalue weighted by atomic mass is 19.1. The Morgan fingerprint density at radius 1 is 1.24 bits per heavy atom. The number of benzene rings is 1. The molecule has 1 fully saturated rings. The second kappa shape index (κ2) is 6.89. The molecule has 2 nitrogen and oxygen atoms in total. The van der Waals surface area contributed by atoms with Gasteiger partial charge in [0.15, 0.2) is 0 Å². The topological polar surface area (TPSA) is 38.0 Å². The van der Waals surface area contributed by atoms with Crippen LogP contribution in [0.25, 0.3) is 0 Å². The molecule has 0 saturated heterocycles. The van der Waals surface area contributed by atoms with Gasteiger partial charge in [-0.2, -0.15) is 0 Å². The zero-order chi connectivity index (χ0) is 15.5. The van der Waals surface area contributed by atoms with Crippen molar-refractivity contribution in [3.8, 4) is 0 Å². The monoisotopic (exact) mass is 292 g/mol. The first kappa shape index (κ1) is 16.4. The lowest BCUT2D eigenvalue weighted by Gasteiger charge is -2.39. The SMILES string of the molecule is CC(C)(C)C1CCC(C(Cc2cccc(F)c2)NN)CC1. The summed E-state index contributed by atoms with van der Waals surface area (Å²) in [4.78, 5) is 0. The van der Waals surface area contributed by atoms with E-state index in [9.17, 15) is 4.39 Å². The van der Waals surface area contributed by atoms with Crippen LogP contribution < -0.4 is 11.3 Å². The predicted molar refractivity (Wildman–Crippen MR) is 86.1 cm³/mol. The number of hydrogen-bond donors (Lipinski definition) is 2. The summed E-state index contributed by atoms with van der Waals surface area (Å²) in [5, 5.41) is 0. The lowest BCUT2D eigenvalue weighted by Crippen LogP contribution is -2.44. The van der Waals surface area contributed by atoms with Gasteiger partial charge in [0.25, 0.3) is 0 Å². The van der Waals surface area contributed by atoms with Crippen molar-refractivity contribution < 1.29 is 4.39 Å². The maximum absolute atomic E-state index is 13.3. The third-order valence-corrected chi connectivity index (χ3v) is 5.12. The summed E-state index contributed by atoms with van der Waals surface area (Å²) in [5.41, 5.74) is 4.40. The first-order valence-corrected chi connectivity index (χ1v) is 8.10. The number of rotatable bonds is 4. The summed E-state index contributed by atoms with van der Waals surface area (Å²) in [6.45, 7) is 7.01. The van der Waals surface area contributed by atoms with E-state index in [1.54, 1.807) is 12.1 Å². The molecule has 1 aromatic carbocycles. The standard InChI is InChI=1S/C18H29FN2/c1-18(2,3)15-9-7-14(8-10-15)17(21-20)12-13-5-4-6-16(19)11-13/h4-6,11,14-15,17,21H,7-10,12,20H2,1-3H3. The maximum Gasteiger partial charge on any atom is 0.123 e. The minimum atomic E-state index is -0.167. The minimum absolute atomic E-state index is 0.167. The molecule has 1 aliphatic carbocycles. The van der Waals surface area contributed by atoms with E-state index in [2.05, 4.69) is 26.2 Å². The van der Waals surface area contributed by atoms with Gasteiger partial charge < -0.3 is 0 Å². The number of nitrogens with one attached hydrogen (secondary N) is 1. The lowest BCUT2D eigenvalue weighted by atomic mass is 9.68. The van der Waals surface area contributed by atoms with Gasteiger partial charge in [0, 0.05) is 6.04 Å². The smallest absolute Gasteiger partial charge is 0.123 e. The summed E-state index contributed by atoms with van der Waals surface area (Å²) >= 11 is 0. The van der Waals surface area contributed by atoms with E-state index < -0.39 is 0 Å². The molecule has 0 heterocycles. The molecule has 0 aromatic heterocycles. The highest BCUT2D eigenvalue weighted by Crippen LogP contribution is 2.40. The van der Waals surface area contributed by atoms with Crippen LogP contribution in [0.5, 0.6) is 0 Å². The van der Waals surface area contributed by atoms with Crippen molar-refractivity contribution in [3.05, 3.63) is 35.6 Å². The second-order valence-electron chi connectivity index (χ2n) is 7.58. The molecule has 118 valence electrons. The van der Waals surface area contributed by atoms with Gasteiger partial charge in [0.05, 0.1) is 0 Å². The molecule has 1 aliphatic rings. The van der Waals surface area contributed by atoms with Crippen molar-refractivity contribution >= 4 is 0 Å². The largest absolute Gasteiger partial charge is 0.271 e. The molecule has 1 atom stereocenters. The zero-order valence-corrected chi connectivity index (χ0v) is 13.5. The van der Waals surface area contributed by atoms with Crippen LogP contribution in [-0.4, -0.2) is 6.04 Å². The van der Waals surface area contributed by atoms with Crippen molar-refractivity contribution in [1.82, 2.24) is 5.43 Å². The van der Waals surface area contributed by atoms with Crippen LogP contribution in [0.4, 0.5) is 4.39 Å². The summed E-state index contributed by atoms with van der Waals surface area (Å²) in [5.74, 6) is 7.00. The zero-order valence-electron chi connectivity index (χ0n) is 13.5. The Kier molecular flexibility index (Phi) is 5.39. The fourth-order valence-electron chi connectivity index (χ4n) is 3.67. The van der Waals surface area contributed by atoms with Crippen molar-refractivity contribution in [2.45, 2.75) is 58.9 Å². The number of hydrogen-bond acceptors (Lipinski definition) is 2. The molecule has 21 heavy (non-hydrogen) atoms.